The summed E-state index contributed by atoms with van der Waals surface area (Å²) in [5.41, 5.74) is 1.03. The molecule has 1 aromatic carbocycles. The summed E-state index contributed by atoms with van der Waals surface area (Å²) in [6, 6.07) is 6.42. The van der Waals surface area contributed by atoms with Gasteiger partial charge in [0, 0.05) is 31.7 Å². The Morgan fingerprint density at radius 2 is 2.20 bits per heavy atom. The largest absolute Gasteiger partial charge is 0.494 e. The number of piperazine rings is 1. The first-order valence-electron chi connectivity index (χ1n) is 7.47. The van der Waals surface area contributed by atoms with Crippen molar-refractivity contribution in [3.8, 4) is 5.75 Å². The molecule has 1 N–H and O–H groups in total. The molecule has 0 aromatic heterocycles. The second-order valence-corrected chi connectivity index (χ2v) is 6.11. The lowest BCUT2D eigenvalue weighted by molar-refractivity contribution is 0.112. The zero-order chi connectivity index (χ0) is 14.1. The summed E-state index contributed by atoms with van der Waals surface area (Å²) in [4.78, 5) is 2.51. The molecule has 20 heavy (non-hydrogen) atoms. The summed E-state index contributed by atoms with van der Waals surface area (Å²) in [7, 11) is 1.50. The summed E-state index contributed by atoms with van der Waals surface area (Å²) in [6.07, 6.45) is 2.68. The number of halogens is 1. The molecule has 0 amide bonds. The number of methoxy groups -OCH3 is 1. The third-order valence-electron chi connectivity index (χ3n) is 4.42. The minimum Gasteiger partial charge on any atom is -0.494 e. The van der Waals surface area contributed by atoms with Crippen molar-refractivity contribution in [1.29, 1.82) is 0 Å². The van der Waals surface area contributed by atoms with Gasteiger partial charge in [-0.3, -0.25) is 4.90 Å². The third kappa shape index (κ3) is 2.96. The van der Waals surface area contributed by atoms with Crippen LogP contribution in [0.25, 0.3) is 0 Å². The fourth-order valence-corrected chi connectivity index (χ4v) is 3.17. The van der Waals surface area contributed by atoms with Gasteiger partial charge in [0.15, 0.2) is 11.6 Å². The third-order valence-corrected chi connectivity index (χ3v) is 4.42. The minimum atomic E-state index is -0.267. The van der Waals surface area contributed by atoms with Gasteiger partial charge >= 0.3 is 0 Å². The van der Waals surface area contributed by atoms with Crippen molar-refractivity contribution in [2.45, 2.75) is 38.4 Å². The molecular weight excluding hydrogens is 255 g/mol. The smallest absolute Gasteiger partial charge is 0.165 e. The Morgan fingerprint density at radius 3 is 2.85 bits per heavy atom. The van der Waals surface area contributed by atoms with Gasteiger partial charge in [0.25, 0.3) is 0 Å². The number of nitrogens with zero attached hydrogens (tertiary/aromatic N) is 1. The van der Waals surface area contributed by atoms with E-state index in [2.05, 4.69) is 17.1 Å². The van der Waals surface area contributed by atoms with E-state index in [0.717, 1.165) is 31.1 Å². The minimum absolute atomic E-state index is 0.267. The van der Waals surface area contributed by atoms with E-state index >= 15 is 0 Å². The van der Waals surface area contributed by atoms with Crippen LogP contribution in [0.4, 0.5) is 4.39 Å². The van der Waals surface area contributed by atoms with Crippen molar-refractivity contribution in [2.24, 2.45) is 5.92 Å². The lowest BCUT2D eigenvalue weighted by Gasteiger charge is -2.39. The molecule has 2 aliphatic rings. The summed E-state index contributed by atoms with van der Waals surface area (Å²) < 4.78 is 18.8. The van der Waals surface area contributed by atoms with E-state index in [0.29, 0.717) is 17.8 Å². The topological polar surface area (TPSA) is 24.5 Å². The zero-order valence-electron chi connectivity index (χ0n) is 12.2. The Morgan fingerprint density at radius 1 is 1.40 bits per heavy atom. The molecule has 3 nitrogen and oxygen atoms in total. The standard InChI is InChI=1S/C16H23FN2O/c1-11-9-19(15(8-18-11)13-4-5-13)10-12-3-6-16(20-2)14(17)7-12/h3,6-7,11,13,15,18H,4-5,8-10H2,1-2H3. The van der Waals surface area contributed by atoms with E-state index in [4.69, 9.17) is 4.74 Å². The van der Waals surface area contributed by atoms with Gasteiger partial charge in [-0.25, -0.2) is 4.39 Å². The molecule has 0 bridgehead atoms. The second-order valence-electron chi connectivity index (χ2n) is 6.11. The molecule has 1 heterocycles. The molecule has 1 aliphatic carbocycles. The fraction of sp³-hybridized carbons (Fsp3) is 0.625. The average Bonchev–Trinajstić information content (AvgIpc) is 3.23. The van der Waals surface area contributed by atoms with E-state index in [1.54, 1.807) is 12.1 Å². The predicted octanol–water partition coefficient (Wildman–Crippen LogP) is 2.41. The van der Waals surface area contributed by atoms with Crippen LogP contribution >= 0.6 is 0 Å². The number of nitrogens with one attached hydrogen (secondary N) is 1. The summed E-state index contributed by atoms with van der Waals surface area (Å²) in [5, 5.41) is 3.56. The van der Waals surface area contributed by atoms with Gasteiger partial charge < -0.3 is 10.1 Å². The first-order chi connectivity index (χ1) is 9.67. The SMILES string of the molecule is COc1ccc(CN2CC(C)NCC2C2CC2)cc1F. The highest BCUT2D eigenvalue weighted by Crippen LogP contribution is 2.36. The Hall–Kier alpha value is -1.13. The van der Waals surface area contributed by atoms with Crippen LogP contribution in [0.1, 0.15) is 25.3 Å². The summed E-state index contributed by atoms with van der Waals surface area (Å²) >= 11 is 0. The molecule has 1 saturated heterocycles. The van der Waals surface area contributed by atoms with Gasteiger partial charge in [-0.05, 0) is 43.4 Å². The molecule has 0 spiro atoms. The normalized spacial score (nSPS) is 27.6. The van der Waals surface area contributed by atoms with Crippen LogP contribution in [-0.4, -0.2) is 37.2 Å². The molecule has 2 unspecified atom stereocenters. The molecule has 1 saturated carbocycles. The van der Waals surface area contributed by atoms with Crippen molar-refractivity contribution in [3.05, 3.63) is 29.6 Å². The molecule has 1 aliphatic heterocycles. The Bertz CT molecular complexity index is 476. The summed E-state index contributed by atoms with van der Waals surface area (Å²) in [5.74, 6) is 0.885. The molecule has 2 atom stereocenters. The van der Waals surface area contributed by atoms with Crippen molar-refractivity contribution in [1.82, 2.24) is 10.2 Å². The van der Waals surface area contributed by atoms with E-state index in [9.17, 15) is 4.39 Å². The maximum Gasteiger partial charge on any atom is 0.165 e. The first kappa shape index (κ1) is 13.8. The van der Waals surface area contributed by atoms with Crippen LogP contribution in [0.15, 0.2) is 18.2 Å². The highest BCUT2D eigenvalue weighted by molar-refractivity contribution is 5.29. The fourth-order valence-electron chi connectivity index (χ4n) is 3.17. The van der Waals surface area contributed by atoms with Gasteiger partial charge in [0.05, 0.1) is 7.11 Å². The van der Waals surface area contributed by atoms with Crippen LogP contribution in [0.3, 0.4) is 0 Å². The van der Waals surface area contributed by atoms with Crippen LogP contribution < -0.4 is 10.1 Å². The second kappa shape index (κ2) is 5.70. The molecule has 4 heteroatoms. The lowest BCUT2D eigenvalue weighted by Crippen LogP contribution is -2.55. The average molecular weight is 278 g/mol. The maximum absolute atomic E-state index is 13.8. The number of hydrogen-bond acceptors (Lipinski definition) is 3. The maximum atomic E-state index is 13.8. The van der Waals surface area contributed by atoms with Crippen LogP contribution in [0, 0.1) is 11.7 Å². The van der Waals surface area contributed by atoms with Gasteiger partial charge in [0.2, 0.25) is 0 Å². The van der Waals surface area contributed by atoms with Crippen molar-refractivity contribution >= 4 is 0 Å². The van der Waals surface area contributed by atoms with E-state index in [-0.39, 0.29) is 5.82 Å². The number of ether oxygens (including phenoxy) is 1. The van der Waals surface area contributed by atoms with Gasteiger partial charge in [-0.2, -0.15) is 0 Å². The number of benzene rings is 1. The highest BCUT2D eigenvalue weighted by Gasteiger charge is 2.37. The number of rotatable bonds is 4. The molecular formula is C16H23FN2O. The Kier molecular flexibility index (Phi) is 3.94. The summed E-state index contributed by atoms with van der Waals surface area (Å²) in [6.45, 7) is 5.14. The lowest BCUT2D eigenvalue weighted by atomic mass is 10.0. The van der Waals surface area contributed by atoms with Crippen molar-refractivity contribution in [2.75, 3.05) is 20.2 Å². The zero-order valence-corrected chi connectivity index (χ0v) is 12.2. The molecule has 3 rings (SSSR count). The molecule has 0 radical (unpaired) electrons. The quantitative estimate of drug-likeness (QED) is 0.915. The van der Waals surface area contributed by atoms with E-state index in [1.165, 1.54) is 20.0 Å². The Balaban J connectivity index is 1.72. The first-order valence-corrected chi connectivity index (χ1v) is 7.47. The molecule has 110 valence electrons. The van der Waals surface area contributed by atoms with Gasteiger partial charge in [0.1, 0.15) is 0 Å². The predicted molar refractivity (Wildman–Crippen MR) is 77.3 cm³/mol. The van der Waals surface area contributed by atoms with Gasteiger partial charge in [-0.15, -0.1) is 0 Å². The molecule has 1 aromatic rings. The Labute approximate surface area is 120 Å². The van der Waals surface area contributed by atoms with Gasteiger partial charge in [-0.1, -0.05) is 6.07 Å². The highest BCUT2D eigenvalue weighted by atomic mass is 19.1. The number of hydrogen-bond donors (Lipinski definition) is 1. The van der Waals surface area contributed by atoms with Crippen LogP contribution in [0.2, 0.25) is 0 Å². The monoisotopic (exact) mass is 278 g/mol. The van der Waals surface area contributed by atoms with E-state index in [1.807, 2.05) is 6.07 Å². The van der Waals surface area contributed by atoms with Crippen LogP contribution in [0.5, 0.6) is 5.75 Å². The van der Waals surface area contributed by atoms with Crippen molar-refractivity contribution < 1.29 is 9.13 Å². The molecule has 2 fully saturated rings. The van der Waals surface area contributed by atoms with Crippen molar-refractivity contribution in [3.63, 3.8) is 0 Å². The van der Waals surface area contributed by atoms with Crippen LogP contribution in [-0.2, 0) is 6.54 Å². The van der Waals surface area contributed by atoms with E-state index < -0.39 is 0 Å².